The highest BCUT2D eigenvalue weighted by molar-refractivity contribution is 6.00. The van der Waals surface area contributed by atoms with E-state index in [-0.39, 0.29) is 29.4 Å². The summed E-state index contributed by atoms with van der Waals surface area (Å²) in [4.78, 5) is 42.9. The molecule has 0 atom stereocenters. The fourth-order valence-corrected chi connectivity index (χ4v) is 5.44. The van der Waals surface area contributed by atoms with Gasteiger partial charge in [-0.05, 0) is 74.3 Å². The summed E-state index contributed by atoms with van der Waals surface area (Å²) in [5.41, 5.74) is 2.41. The number of rotatable bonds is 4. The summed E-state index contributed by atoms with van der Waals surface area (Å²) in [7, 11) is 1.41. The van der Waals surface area contributed by atoms with Gasteiger partial charge in [-0.2, -0.15) is 0 Å². The Labute approximate surface area is 192 Å². The molecule has 1 amide bonds. The standard InChI is InChI=1S/C26H29N3O4/c1-33-26(32)17-8-11-19(12-9-17)27-24(30)20-7-4-14-29-23(20)28-22-13-10-18(15-21(22)25(29)31)16-5-2-3-6-16/h4,7,10,13-17,19H,2-3,5-6,8-9,11-12H2,1H3,(H,27,30). The van der Waals surface area contributed by atoms with Gasteiger partial charge in [0.05, 0.1) is 29.5 Å². The molecule has 5 rings (SSSR count). The number of methoxy groups -OCH3 is 1. The number of benzene rings is 1. The van der Waals surface area contributed by atoms with Crippen LogP contribution in [0.25, 0.3) is 16.6 Å². The first-order chi connectivity index (χ1) is 16.0. The van der Waals surface area contributed by atoms with Crippen molar-refractivity contribution in [3.63, 3.8) is 0 Å². The van der Waals surface area contributed by atoms with Crippen molar-refractivity contribution in [2.75, 3.05) is 7.11 Å². The quantitative estimate of drug-likeness (QED) is 0.483. The van der Waals surface area contributed by atoms with E-state index >= 15 is 0 Å². The fraction of sp³-hybridized carbons (Fsp3) is 0.462. The third-order valence-corrected chi connectivity index (χ3v) is 7.33. The SMILES string of the molecule is COC(=O)C1CCC(NC(=O)c2cccn3c(=O)c4cc(C5CCCC5)ccc4nc23)CC1. The summed E-state index contributed by atoms with van der Waals surface area (Å²) in [5.74, 6) is -0.00821. The van der Waals surface area contributed by atoms with E-state index in [0.29, 0.717) is 40.9 Å². The zero-order chi connectivity index (χ0) is 22.9. The lowest BCUT2D eigenvalue weighted by Gasteiger charge is -2.27. The van der Waals surface area contributed by atoms with Gasteiger partial charge in [-0.3, -0.25) is 18.8 Å². The lowest BCUT2D eigenvalue weighted by molar-refractivity contribution is -0.146. The van der Waals surface area contributed by atoms with Crippen molar-refractivity contribution in [2.45, 2.75) is 63.3 Å². The number of amides is 1. The number of carbonyl (C=O) groups is 2. The summed E-state index contributed by atoms with van der Waals surface area (Å²) < 4.78 is 6.32. The highest BCUT2D eigenvalue weighted by atomic mass is 16.5. The Bertz CT molecular complexity index is 1270. The van der Waals surface area contributed by atoms with Crippen molar-refractivity contribution in [1.29, 1.82) is 0 Å². The van der Waals surface area contributed by atoms with Gasteiger partial charge >= 0.3 is 5.97 Å². The molecule has 2 fully saturated rings. The maximum atomic E-state index is 13.3. The van der Waals surface area contributed by atoms with Gasteiger partial charge in [0, 0.05) is 12.2 Å². The van der Waals surface area contributed by atoms with Crippen molar-refractivity contribution >= 4 is 28.4 Å². The third kappa shape index (κ3) is 4.12. The number of hydrogen-bond acceptors (Lipinski definition) is 5. The largest absolute Gasteiger partial charge is 0.469 e. The number of aromatic nitrogens is 2. The lowest BCUT2D eigenvalue weighted by Crippen LogP contribution is -2.39. The van der Waals surface area contributed by atoms with Crippen molar-refractivity contribution in [2.24, 2.45) is 5.92 Å². The molecule has 2 aliphatic carbocycles. The Kier molecular flexibility index (Phi) is 5.87. The zero-order valence-electron chi connectivity index (χ0n) is 18.9. The predicted octanol–water partition coefficient (Wildman–Crippen LogP) is 3.97. The molecular formula is C26H29N3O4. The lowest BCUT2D eigenvalue weighted by atomic mass is 9.86. The Morgan fingerprint density at radius 1 is 1.06 bits per heavy atom. The second-order valence-electron chi connectivity index (χ2n) is 9.34. The van der Waals surface area contributed by atoms with Gasteiger partial charge in [0.2, 0.25) is 0 Å². The van der Waals surface area contributed by atoms with Gasteiger partial charge in [-0.15, -0.1) is 0 Å². The van der Waals surface area contributed by atoms with Gasteiger partial charge in [0.1, 0.15) is 0 Å². The van der Waals surface area contributed by atoms with Crippen LogP contribution in [0.4, 0.5) is 0 Å². The summed E-state index contributed by atoms with van der Waals surface area (Å²) in [5, 5.41) is 3.67. The molecule has 7 nitrogen and oxygen atoms in total. The fourth-order valence-electron chi connectivity index (χ4n) is 5.44. The van der Waals surface area contributed by atoms with Crippen molar-refractivity contribution in [3.8, 4) is 0 Å². The third-order valence-electron chi connectivity index (χ3n) is 7.33. The average Bonchev–Trinajstić information content (AvgIpc) is 3.39. The molecule has 2 saturated carbocycles. The minimum atomic E-state index is -0.247. The normalized spacial score (nSPS) is 21.4. The van der Waals surface area contributed by atoms with Crippen molar-refractivity contribution in [1.82, 2.24) is 14.7 Å². The van der Waals surface area contributed by atoms with Crippen LogP contribution in [0.1, 0.15) is 73.2 Å². The van der Waals surface area contributed by atoms with Gasteiger partial charge in [-0.1, -0.05) is 18.9 Å². The minimum Gasteiger partial charge on any atom is -0.469 e. The number of pyridine rings is 1. The molecule has 1 aromatic carbocycles. The molecule has 2 aromatic heterocycles. The monoisotopic (exact) mass is 447 g/mol. The molecule has 33 heavy (non-hydrogen) atoms. The average molecular weight is 448 g/mol. The number of esters is 1. The van der Waals surface area contributed by atoms with Crippen LogP contribution in [0.3, 0.4) is 0 Å². The molecule has 0 aliphatic heterocycles. The first-order valence-corrected chi connectivity index (χ1v) is 11.9. The van der Waals surface area contributed by atoms with Crippen LogP contribution in [0.2, 0.25) is 0 Å². The predicted molar refractivity (Wildman–Crippen MR) is 125 cm³/mol. The second kappa shape index (κ2) is 8.96. The van der Waals surface area contributed by atoms with Crippen LogP contribution in [0.5, 0.6) is 0 Å². The van der Waals surface area contributed by atoms with Crippen molar-refractivity contribution < 1.29 is 14.3 Å². The first-order valence-electron chi connectivity index (χ1n) is 11.9. The molecule has 3 aromatic rings. The maximum Gasteiger partial charge on any atom is 0.308 e. The number of fused-ring (bicyclic) bond motifs is 2. The first kappa shape index (κ1) is 21.6. The summed E-state index contributed by atoms with van der Waals surface area (Å²) in [6, 6.07) is 9.37. The van der Waals surface area contributed by atoms with Crippen molar-refractivity contribution in [3.05, 3.63) is 58.0 Å². The van der Waals surface area contributed by atoms with E-state index in [1.54, 1.807) is 18.3 Å². The molecule has 7 heteroatoms. The van der Waals surface area contributed by atoms with E-state index in [1.807, 2.05) is 12.1 Å². The molecule has 1 N–H and O–H groups in total. The van der Waals surface area contributed by atoms with Gasteiger partial charge in [0.15, 0.2) is 5.65 Å². The molecule has 0 spiro atoms. The van der Waals surface area contributed by atoms with E-state index in [0.717, 1.165) is 12.8 Å². The van der Waals surface area contributed by atoms with E-state index < -0.39 is 0 Å². The number of hydrogen-bond donors (Lipinski definition) is 1. The molecule has 0 saturated heterocycles. The van der Waals surface area contributed by atoms with Gasteiger partial charge < -0.3 is 10.1 Å². The molecule has 0 bridgehead atoms. The van der Waals surface area contributed by atoms with Crippen LogP contribution >= 0.6 is 0 Å². The van der Waals surface area contributed by atoms with Gasteiger partial charge in [0.25, 0.3) is 11.5 Å². The number of ether oxygens (including phenoxy) is 1. The number of nitrogens with zero attached hydrogens (tertiary/aromatic N) is 2. The molecule has 2 heterocycles. The molecule has 0 radical (unpaired) electrons. The van der Waals surface area contributed by atoms with E-state index in [1.165, 1.54) is 42.8 Å². The summed E-state index contributed by atoms with van der Waals surface area (Å²) in [6.45, 7) is 0. The van der Waals surface area contributed by atoms with Crippen LogP contribution in [-0.2, 0) is 9.53 Å². The zero-order valence-corrected chi connectivity index (χ0v) is 18.9. The smallest absolute Gasteiger partial charge is 0.308 e. The Balaban J connectivity index is 1.42. The Hall–Kier alpha value is -3.22. The van der Waals surface area contributed by atoms with Crippen LogP contribution < -0.4 is 10.9 Å². The van der Waals surface area contributed by atoms with Crippen LogP contribution in [0, 0.1) is 5.92 Å². The molecule has 0 unspecified atom stereocenters. The Morgan fingerprint density at radius 2 is 1.82 bits per heavy atom. The molecular weight excluding hydrogens is 418 g/mol. The van der Waals surface area contributed by atoms with Crippen LogP contribution in [-0.4, -0.2) is 34.4 Å². The molecule has 172 valence electrons. The summed E-state index contributed by atoms with van der Waals surface area (Å²) >= 11 is 0. The number of carbonyl (C=O) groups excluding carboxylic acids is 2. The van der Waals surface area contributed by atoms with E-state index in [2.05, 4.69) is 11.4 Å². The van der Waals surface area contributed by atoms with E-state index in [4.69, 9.17) is 9.72 Å². The summed E-state index contributed by atoms with van der Waals surface area (Å²) in [6.07, 6.45) is 9.30. The highest BCUT2D eigenvalue weighted by Crippen LogP contribution is 2.34. The Morgan fingerprint density at radius 3 is 2.55 bits per heavy atom. The number of nitrogens with one attached hydrogen (secondary N) is 1. The molecule has 2 aliphatic rings. The van der Waals surface area contributed by atoms with Crippen LogP contribution in [0.15, 0.2) is 41.3 Å². The topological polar surface area (TPSA) is 89.8 Å². The maximum absolute atomic E-state index is 13.3. The minimum absolute atomic E-state index is 0.0141. The second-order valence-corrected chi connectivity index (χ2v) is 9.34. The highest BCUT2D eigenvalue weighted by Gasteiger charge is 2.28. The van der Waals surface area contributed by atoms with Gasteiger partial charge in [-0.25, -0.2) is 4.98 Å². The van der Waals surface area contributed by atoms with E-state index in [9.17, 15) is 14.4 Å².